The molecule has 3 aliphatic rings. The molecule has 1 aromatic rings. The molecule has 5 nitrogen and oxygen atoms in total. The van der Waals surface area contributed by atoms with Gasteiger partial charge in [-0.1, -0.05) is 6.07 Å². The first-order valence-electron chi connectivity index (χ1n) is 9.55. The van der Waals surface area contributed by atoms with Gasteiger partial charge in [-0.05, 0) is 61.8 Å². The van der Waals surface area contributed by atoms with E-state index in [1.807, 2.05) is 11.8 Å². The maximum Gasteiger partial charge on any atom is 0.410 e. The number of hydrogen-bond acceptors (Lipinski definition) is 4. The summed E-state index contributed by atoms with van der Waals surface area (Å²) in [6.45, 7) is 5.37. The Kier molecular flexibility index (Phi) is 4.59. The van der Waals surface area contributed by atoms with Crippen molar-refractivity contribution >= 4 is 6.09 Å². The molecule has 0 aliphatic carbocycles. The molecule has 0 aromatic heterocycles. The first-order valence-corrected chi connectivity index (χ1v) is 9.55. The van der Waals surface area contributed by atoms with Gasteiger partial charge >= 0.3 is 6.09 Å². The van der Waals surface area contributed by atoms with E-state index in [-0.39, 0.29) is 6.09 Å². The number of fused-ring (bicyclic) bond motifs is 4. The topological polar surface area (TPSA) is 42.0 Å². The van der Waals surface area contributed by atoms with Gasteiger partial charge in [0.1, 0.15) is 5.75 Å². The van der Waals surface area contributed by atoms with E-state index in [9.17, 15) is 4.79 Å². The van der Waals surface area contributed by atoms with Crippen LogP contribution in [0.5, 0.6) is 5.75 Å². The van der Waals surface area contributed by atoms with Crippen LogP contribution in [0.2, 0.25) is 0 Å². The summed E-state index contributed by atoms with van der Waals surface area (Å²) in [5.41, 5.74) is 2.82. The number of hydrogen-bond donors (Lipinski definition) is 0. The van der Waals surface area contributed by atoms with Gasteiger partial charge in [-0.15, -0.1) is 0 Å². The second-order valence-corrected chi connectivity index (χ2v) is 7.42. The van der Waals surface area contributed by atoms with Crippen molar-refractivity contribution in [3.05, 3.63) is 29.3 Å². The molecule has 1 aromatic carbocycles. The van der Waals surface area contributed by atoms with Crippen LogP contribution in [-0.4, -0.2) is 55.3 Å². The Morgan fingerprint density at radius 3 is 3.00 bits per heavy atom. The van der Waals surface area contributed by atoms with Crippen molar-refractivity contribution in [1.82, 2.24) is 9.80 Å². The summed E-state index contributed by atoms with van der Waals surface area (Å²) in [5, 5.41) is 0. The first-order chi connectivity index (χ1) is 12.2. The van der Waals surface area contributed by atoms with Gasteiger partial charge in [0.2, 0.25) is 0 Å². The number of nitrogens with zero attached hydrogens (tertiary/aromatic N) is 2. The van der Waals surface area contributed by atoms with Crippen LogP contribution in [-0.2, 0) is 11.2 Å². The highest BCUT2D eigenvalue weighted by Gasteiger charge is 2.44. The van der Waals surface area contributed by atoms with E-state index in [0.29, 0.717) is 24.6 Å². The lowest BCUT2D eigenvalue weighted by Crippen LogP contribution is -2.57. The molecule has 0 unspecified atom stereocenters. The monoisotopic (exact) mass is 344 g/mol. The fourth-order valence-electron chi connectivity index (χ4n) is 4.99. The summed E-state index contributed by atoms with van der Waals surface area (Å²) < 4.78 is 10.7. The van der Waals surface area contributed by atoms with Gasteiger partial charge in [-0.25, -0.2) is 4.79 Å². The Balaban J connectivity index is 1.59. The number of ether oxygens (including phenoxy) is 2. The first kappa shape index (κ1) is 16.7. The van der Waals surface area contributed by atoms with Crippen LogP contribution in [0.1, 0.15) is 43.4 Å². The molecule has 0 bridgehead atoms. The quantitative estimate of drug-likeness (QED) is 0.826. The number of carbonyl (C=O) groups excluding carboxylic acids is 1. The number of amides is 1. The van der Waals surface area contributed by atoms with E-state index in [2.05, 4.69) is 23.1 Å². The van der Waals surface area contributed by atoms with Gasteiger partial charge < -0.3 is 14.4 Å². The van der Waals surface area contributed by atoms with E-state index >= 15 is 0 Å². The zero-order chi connectivity index (χ0) is 17.4. The van der Waals surface area contributed by atoms with Crippen LogP contribution in [0.3, 0.4) is 0 Å². The van der Waals surface area contributed by atoms with E-state index in [1.165, 1.54) is 17.5 Å². The highest BCUT2D eigenvalue weighted by atomic mass is 16.6. The zero-order valence-electron chi connectivity index (χ0n) is 15.2. The van der Waals surface area contributed by atoms with E-state index in [0.717, 1.165) is 44.6 Å². The molecule has 4 rings (SSSR count). The van der Waals surface area contributed by atoms with Crippen molar-refractivity contribution in [3.63, 3.8) is 0 Å². The van der Waals surface area contributed by atoms with Crippen LogP contribution in [0, 0.1) is 5.92 Å². The van der Waals surface area contributed by atoms with Crippen molar-refractivity contribution in [3.8, 4) is 5.75 Å². The molecule has 5 heteroatoms. The summed E-state index contributed by atoms with van der Waals surface area (Å²) in [6, 6.07) is 7.19. The van der Waals surface area contributed by atoms with Crippen molar-refractivity contribution in [2.75, 3.05) is 33.4 Å². The smallest absolute Gasteiger partial charge is 0.410 e. The van der Waals surface area contributed by atoms with Crippen LogP contribution in [0.25, 0.3) is 0 Å². The van der Waals surface area contributed by atoms with Crippen LogP contribution in [0.15, 0.2) is 18.2 Å². The van der Waals surface area contributed by atoms with Gasteiger partial charge in [-0.2, -0.15) is 0 Å². The predicted octanol–water partition coefficient (Wildman–Crippen LogP) is 3.24. The maximum absolute atomic E-state index is 12.4. The van der Waals surface area contributed by atoms with E-state index in [1.54, 1.807) is 7.11 Å². The molecule has 0 radical (unpaired) electrons. The largest absolute Gasteiger partial charge is 0.497 e. The normalized spacial score (nSPS) is 28.6. The molecular formula is C20H28N2O3. The molecule has 2 saturated heterocycles. The third-order valence-electron chi connectivity index (χ3n) is 6.17. The van der Waals surface area contributed by atoms with Crippen LogP contribution in [0.4, 0.5) is 4.79 Å². The molecule has 1 amide bonds. The molecule has 2 fully saturated rings. The molecule has 25 heavy (non-hydrogen) atoms. The lowest BCUT2D eigenvalue weighted by atomic mass is 9.77. The summed E-state index contributed by atoms with van der Waals surface area (Å²) in [4.78, 5) is 17.1. The lowest BCUT2D eigenvalue weighted by molar-refractivity contribution is -0.0115. The molecule has 3 atom stereocenters. The summed E-state index contributed by atoms with van der Waals surface area (Å²) >= 11 is 0. The minimum Gasteiger partial charge on any atom is -0.497 e. The minimum absolute atomic E-state index is 0.128. The number of rotatable bonds is 2. The van der Waals surface area contributed by atoms with Crippen LogP contribution >= 0.6 is 0 Å². The Morgan fingerprint density at radius 2 is 2.20 bits per heavy atom. The molecule has 0 spiro atoms. The molecule has 0 N–H and O–H groups in total. The Hall–Kier alpha value is -1.75. The van der Waals surface area contributed by atoms with Crippen molar-refractivity contribution in [1.29, 1.82) is 0 Å². The maximum atomic E-state index is 12.4. The lowest BCUT2D eigenvalue weighted by Gasteiger charge is -2.51. The van der Waals surface area contributed by atoms with Crippen molar-refractivity contribution in [2.24, 2.45) is 5.92 Å². The highest BCUT2D eigenvalue weighted by Crippen LogP contribution is 2.43. The molecule has 3 aliphatic heterocycles. The third-order valence-corrected chi connectivity index (χ3v) is 6.17. The molecule has 136 valence electrons. The number of benzene rings is 1. The summed E-state index contributed by atoms with van der Waals surface area (Å²) in [7, 11) is 1.72. The SMILES string of the molecule is CCOC(=O)N1CCC[C@@H]2CN3CCc4cc(OC)ccc4[C@@H]3C[C@@H]21. The standard InChI is InChI=1S/C20H28N2O3/c1-3-25-20(23)22-9-4-5-15-13-21-10-8-14-11-16(24-2)6-7-17(14)19(21)12-18(15)22/h6-7,11,15,18-19H,3-5,8-10,12-13H2,1-2H3/t15-,18+,19+/m1/s1. The summed E-state index contributed by atoms with van der Waals surface area (Å²) in [5.74, 6) is 1.51. The second kappa shape index (κ2) is 6.87. The molecule has 0 saturated carbocycles. The minimum atomic E-state index is -0.128. The predicted molar refractivity (Wildman–Crippen MR) is 95.9 cm³/mol. The van der Waals surface area contributed by atoms with E-state index in [4.69, 9.17) is 9.47 Å². The van der Waals surface area contributed by atoms with Gasteiger partial charge in [0.15, 0.2) is 0 Å². The Morgan fingerprint density at radius 1 is 1.32 bits per heavy atom. The number of carbonyl (C=O) groups is 1. The average molecular weight is 344 g/mol. The third kappa shape index (κ3) is 2.99. The zero-order valence-corrected chi connectivity index (χ0v) is 15.2. The fraction of sp³-hybridized carbons (Fsp3) is 0.650. The van der Waals surface area contributed by atoms with Gasteiger partial charge in [0.05, 0.1) is 13.7 Å². The van der Waals surface area contributed by atoms with Gasteiger partial charge in [0.25, 0.3) is 0 Å². The Bertz CT molecular complexity index is 648. The van der Waals surface area contributed by atoms with Gasteiger partial charge in [0, 0.05) is 31.7 Å². The summed E-state index contributed by atoms with van der Waals surface area (Å²) in [6.07, 6.45) is 4.28. The number of piperidine rings is 2. The highest BCUT2D eigenvalue weighted by molar-refractivity contribution is 5.68. The second-order valence-electron chi connectivity index (χ2n) is 7.42. The van der Waals surface area contributed by atoms with Crippen LogP contribution < -0.4 is 4.74 Å². The van der Waals surface area contributed by atoms with E-state index < -0.39 is 0 Å². The van der Waals surface area contributed by atoms with Crippen molar-refractivity contribution < 1.29 is 14.3 Å². The fourth-order valence-corrected chi connectivity index (χ4v) is 4.99. The van der Waals surface area contributed by atoms with Crippen molar-refractivity contribution in [2.45, 2.75) is 44.7 Å². The molecule has 3 heterocycles. The van der Waals surface area contributed by atoms with Gasteiger partial charge in [-0.3, -0.25) is 4.90 Å². The number of likely N-dealkylation sites (tertiary alicyclic amines) is 1. The number of methoxy groups -OCH3 is 1. The Labute approximate surface area is 149 Å². The average Bonchev–Trinajstić information content (AvgIpc) is 2.65. The molecular weight excluding hydrogens is 316 g/mol.